The van der Waals surface area contributed by atoms with Gasteiger partial charge in [-0.15, -0.1) is 4.91 Å². The number of aromatic nitrogens is 1. The standard InChI is InChI=1S/C19H13ClFN3O6/c1-24-13-7-10(30-14-6-9(20)2-5-12(14)21)3-4-11(13)17(23-29)16(19(24)28)18(27)22-8-15(25)26/h2-7H,8H2,1H3,(H,22,27)(H,25,26). The Morgan fingerprint density at radius 1 is 1.27 bits per heavy atom. The normalized spacial score (nSPS) is 10.6. The number of aliphatic carboxylic acids is 1. The molecule has 1 amide bonds. The molecule has 2 N–H and O–H groups in total. The van der Waals surface area contributed by atoms with Crippen LogP contribution in [-0.4, -0.2) is 28.1 Å². The van der Waals surface area contributed by atoms with Crippen LogP contribution in [0.3, 0.4) is 0 Å². The smallest absolute Gasteiger partial charge is 0.322 e. The van der Waals surface area contributed by atoms with Crippen LogP contribution in [0.1, 0.15) is 10.4 Å². The molecule has 3 rings (SSSR count). The van der Waals surface area contributed by atoms with Crippen molar-refractivity contribution in [2.24, 2.45) is 12.2 Å². The summed E-state index contributed by atoms with van der Waals surface area (Å²) >= 11 is 5.84. The first kappa shape index (κ1) is 20.9. The molecule has 0 aliphatic carbocycles. The zero-order valence-electron chi connectivity index (χ0n) is 15.3. The quantitative estimate of drug-likeness (QED) is 0.574. The monoisotopic (exact) mass is 433 g/mol. The van der Waals surface area contributed by atoms with E-state index in [1.54, 1.807) is 0 Å². The number of carboxylic acids is 1. The Morgan fingerprint density at radius 3 is 2.67 bits per heavy atom. The number of nitrogens with zero attached hydrogens (tertiary/aromatic N) is 2. The van der Waals surface area contributed by atoms with Crippen LogP contribution in [0.4, 0.5) is 10.1 Å². The predicted molar refractivity (Wildman–Crippen MR) is 106 cm³/mol. The molecule has 1 heterocycles. The van der Waals surface area contributed by atoms with E-state index in [0.29, 0.717) is 0 Å². The van der Waals surface area contributed by atoms with Crippen LogP contribution in [0.2, 0.25) is 5.02 Å². The average molecular weight is 434 g/mol. The first-order chi connectivity index (χ1) is 14.2. The van der Waals surface area contributed by atoms with E-state index in [-0.39, 0.29) is 27.4 Å². The second kappa shape index (κ2) is 8.29. The number of carbonyl (C=O) groups excluding carboxylic acids is 1. The van der Waals surface area contributed by atoms with E-state index in [4.69, 9.17) is 21.4 Å². The first-order valence-corrected chi connectivity index (χ1v) is 8.73. The van der Waals surface area contributed by atoms with Crippen LogP contribution in [-0.2, 0) is 11.8 Å². The van der Waals surface area contributed by atoms with Gasteiger partial charge in [-0.05, 0) is 29.4 Å². The Morgan fingerprint density at radius 2 is 2.00 bits per heavy atom. The van der Waals surface area contributed by atoms with Gasteiger partial charge in [0.1, 0.15) is 23.5 Å². The molecule has 0 aliphatic heterocycles. The lowest BCUT2D eigenvalue weighted by molar-refractivity contribution is -0.135. The van der Waals surface area contributed by atoms with E-state index in [0.717, 1.165) is 10.6 Å². The summed E-state index contributed by atoms with van der Waals surface area (Å²) in [5.74, 6) is -3.04. The van der Waals surface area contributed by atoms with Gasteiger partial charge in [0.15, 0.2) is 11.6 Å². The Kier molecular flexibility index (Phi) is 5.79. The lowest BCUT2D eigenvalue weighted by Gasteiger charge is -2.13. The third kappa shape index (κ3) is 3.98. The molecule has 0 atom stereocenters. The van der Waals surface area contributed by atoms with Crippen LogP contribution in [0.15, 0.2) is 46.4 Å². The number of nitrogens with one attached hydrogen (secondary N) is 1. The molecule has 0 radical (unpaired) electrons. The molecule has 0 unspecified atom stereocenters. The summed E-state index contributed by atoms with van der Waals surface area (Å²) in [7, 11) is 1.34. The molecule has 0 saturated heterocycles. The minimum atomic E-state index is -1.32. The molecule has 0 spiro atoms. The van der Waals surface area contributed by atoms with Gasteiger partial charge in [0.05, 0.1) is 5.52 Å². The molecule has 3 aromatic rings. The highest BCUT2D eigenvalue weighted by molar-refractivity contribution is 6.30. The summed E-state index contributed by atoms with van der Waals surface area (Å²) in [6, 6.07) is 7.88. The van der Waals surface area contributed by atoms with Crippen molar-refractivity contribution in [3.63, 3.8) is 0 Å². The van der Waals surface area contributed by atoms with Gasteiger partial charge in [0.2, 0.25) is 0 Å². The number of aryl methyl sites for hydroxylation is 1. The van der Waals surface area contributed by atoms with Crippen LogP contribution >= 0.6 is 11.6 Å². The van der Waals surface area contributed by atoms with Crippen molar-refractivity contribution in [3.05, 3.63) is 68.1 Å². The summed E-state index contributed by atoms with van der Waals surface area (Å²) < 4.78 is 20.5. The molecule has 0 aliphatic rings. The molecule has 9 nitrogen and oxygen atoms in total. The van der Waals surface area contributed by atoms with Crippen molar-refractivity contribution in [3.8, 4) is 11.5 Å². The Labute approximate surface area is 172 Å². The maximum Gasteiger partial charge on any atom is 0.322 e. The molecular formula is C19H13ClFN3O6. The first-order valence-electron chi connectivity index (χ1n) is 8.36. The zero-order valence-corrected chi connectivity index (χ0v) is 16.1. The molecule has 11 heteroatoms. The van der Waals surface area contributed by atoms with Gasteiger partial charge in [-0.3, -0.25) is 14.4 Å². The number of rotatable bonds is 6. The summed E-state index contributed by atoms with van der Waals surface area (Å²) in [4.78, 5) is 47.0. The molecule has 2 aromatic carbocycles. The van der Waals surface area contributed by atoms with E-state index in [1.807, 2.05) is 5.32 Å². The lowest BCUT2D eigenvalue weighted by Crippen LogP contribution is -2.35. The van der Waals surface area contributed by atoms with Crippen molar-refractivity contribution in [1.82, 2.24) is 9.88 Å². The van der Waals surface area contributed by atoms with Gasteiger partial charge in [-0.2, -0.15) is 0 Å². The highest BCUT2D eigenvalue weighted by Crippen LogP contribution is 2.33. The highest BCUT2D eigenvalue weighted by atomic mass is 35.5. The van der Waals surface area contributed by atoms with Gasteiger partial charge in [0, 0.05) is 29.6 Å². The molecule has 1 aromatic heterocycles. The fourth-order valence-electron chi connectivity index (χ4n) is 2.79. The SMILES string of the molecule is Cn1c(=O)c(C(=O)NCC(=O)O)c(N=O)c2ccc(Oc3cc(Cl)ccc3F)cc21. The van der Waals surface area contributed by atoms with Crippen LogP contribution in [0.25, 0.3) is 10.9 Å². The van der Waals surface area contributed by atoms with Gasteiger partial charge in [0.25, 0.3) is 11.5 Å². The van der Waals surface area contributed by atoms with E-state index in [9.17, 15) is 23.7 Å². The number of hydrogen-bond donors (Lipinski definition) is 2. The van der Waals surface area contributed by atoms with Crippen molar-refractivity contribution in [2.75, 3.05) is 6.54 Å². The van der Waals surface area contributed by atoms with E-state index in [1.165, 1.54) is 37.4 Å². The number of benzene rings is 2. The maximum absolute atomic E-state index is 13.9. The van der Waals surface area contributed by atoms with Crippen LogP contribution < -0.4 is 15.6 Å². The second-order valence-electron chi connectivity index (χ2n) is 6.11. The second-order valence-corrected chi connectivity index (χ2v) is 6.55. The van der Waals surface area contributed by atoms with Gasteiger partial charge in [-0.1, -0.05) is 11.6 Å². The molecule has 0 bridgehead atoms. The zero-order chi connectivity index (χ0) is 22.0. The Bertz CT molecular complexity index is 1260. The van der Waals surface area contributed by atoms with Gasteiger partial charge in [-0.25, -0.2) is 4.39 Å². The number of nitroso groups, excluding NO2 is 1. The largest absolute Gasteiger partial charge is 0.480 e. The van der Waals surface area contributed by atoms with Crippen LogP contribution in [0.5, 0.6) is 11.5 Å². The Balaban J connectivity index is 2.12. The molecule has 0 saturated carbocycles. The molecule has 154 valence electrons. The number of hydrogen-bond acceptors (Lipinski definition) is 6. The third-order valence-electron chi connectivity index (χ3n) is 4.18. The average Bonchev–Trinajstić information content (AvgIpc) is 2.71. The van der Waals surface area contributed by atoms with Crippen molar-refractivity contribution >= 4 is 40.1 Å². The highest BCUT2D eigenvalue weighted by Gasteiger charge is 2.23. The summed E-state index contributed by atoms with van der Waals surface area (Å²) in [6.45, 7) is -0.740. The fraction of sp³-hybridized carbons (Fsp3) is 0.105. The summed E-state index contributed by atoms with van der Waals surface area (Å²) in [6.07, 6.45) is 0. The number of amides is 1. The number of fused-ring (bicyclic) bond motifs is 1. The summed E-state index contributed by atoms with van der Waals surface area (Å²) in [5, 5.41) is 13.9. The van der Waals surface area contributed by atoms with Crippen LogP contribution in [0, 0.1) is 10.7 Å². The van der Waals surface area contributed by atoms with Gasteiger partial charge >= 0.3 is 5.97 Å². The van der Waals surface area contributed by atoms with Gasteiger partial charge < -0.3 is 19.7 Å². The number of carboxylic acid groups (broad SMARTS) is 1. The van der Waals surface area contributed by atoms with E-state index < -0.39 is 41.0 Å². The fourth-order valence-corrected chi connectivity index (χ4v) is 2.95. The van der Waals surface area contributed by atoms with Crippen molar-refractivity contribution in [1.29, 1.82) is 0 Å². The topological polar surface area (TPSA) is 127 Å². The number of carbonyl (C=O) groups is 2. The predicted octanol–water partition coefficient (Wildman–Crippen LogP) is 3.34. The molecular weight excluding hydrogens is 421 g/mol. The Hall–Kier alpha value is -3.79. The minimum absolute atomic E-state index is 0.138. The number of pyridine rings is 1. The van der Waals surface area contributed by atoms with Crippen molar-refractivity contribution < 1.29 is 23.8 Å². The molecule has 30 heavy (non-hydrogen) atoms. The summed E-state index contributed by atoms with van der Waals surface area (Å²) in [5.41, 5.74) is -1.72. The van der Waals surface area contributed by atoms with E-state index in [2.05, 4.69) is 5.18 Å². The maximum atomic E-state index is 13.9. The number of halogens is 2. The van der Waals surface area contributed by atoms with Crippen molar-refractivity contribution in [2.45, 2.75) is 0 Å². The molecule has 0 fully saturated rings. The third-order valence-corrected chi connectivity index (χ3v) is 4.42. The minimum Gasteiger partial charge on any atom is -0.480 e. The number of ether oxygens (including phenoxy) is 1. The lowest BCUT2D eigenvalue weighted by atomic mass is 10.1. The van der Waals surface area contributed by atoms with E-state index >= 15 is 0 Å².